The molecule has 0 unspecified atom stereocenters. The standard InChI is InChI=1S/C24H25F3N2O3/c1-3-5-10-20-21(24(25,26)27)28(4-2)23(32)29(20)15-16-11-13-17(14-12-16)18-8-6-7-9-19(18)22(30)31/h6-9,11-14H,3-5,10,15H2,1-2H3,(H,30,31). The van der Waals surface area contributed by atoms with Crippen LogP contribution in [-0.4, -0.2) is 20.2 Å². The normalized spacial score (nSPS) is 11.7. The molecule has 5 nitrogen and oxygen atoms in total. The molecule has 0 aliphatic carbocycles. The lowest BCUT2D eigenvalue weighted by atomic mass is 9.98. The average Bonchev–Trinajstić information content (AvgIpc) is 3.03. The Morgan fingerprint density at radius 3 is 2.22 bits per heavy atom. The number of alkyl halides is 3. The van der Waals surface area contributed by atoms with E-state index in [9.17, 15) is 27.9 Å². The number of rotatable bonds is 8. The number of imidazole rings is 1. The summed E-state index contributed by atoms with van der Waals surface area (Å²) < 4.78 is 43.3. The first-order valence-corrected chi connectivity index (χ1v) is 10.5. The molecule has 1 heterocycles. The fraction of sp³-hybridized carbons (Fsp3) is 0.333. The summed E-state index contributed by atoms with van der Waals surface area (Å²) in [6.07, 6.45) is -3.20. The quantitative estimate of drug-likeness (QED) is 0.501. The summed E-state index contributed by atoms with van der Waals surface area (Å²) in [6, 6.07) is 13.4. The van der Waals surface area contributed by atoms with E-state index in [1.54, 1.807) is 42.5 Å². The second-order valence-corrected chi connectivity index (χ2v) is 7.56. The van der Waals surface area contributed by atoms with Crippen LogP contribution in [0.4, 0.5) is 13.2 Å². The van der Waals surface area contributed by atoms with Crippen molar-refractivity contribution in [3.05, 3.63) is 81.5 Å². The van der Waals surface area contributed by atoms with Gasteiger partial charge in [-0.15, -0.1) is 0 Å². The molecule has 0 saturated carbocycles. The van der Waals surface area contributed by atoms with Gasteiger partial charge >= 0.3 is 17.8 Å². The van der Waals surface area contributed by atoms with Crippen molar-refractivity contribution in [3.63, 3.8) is 0 Å². The number of halogens is 3. The highest BCUT2D eigenvalue weighted by Crippen LogP contribution is 2.33. The van der Waals surface area contributed by atoms with Crippen LogP contribution in [0.3, 0.4) is 0 Å². The number of unbranched alkanes of at least 4 members (excludes halogenated alkanes) is 1. The zero-order valence-corrected chi connectivity index (χ0v) is 17.9. The second kappa shape index (κ2) is 9.46. The highest BCUT2D eigenvalue weighted by Gasteiger charge is 2.40. The van der Waals surface area contributed by atoms with Crippen LogP contribution in [0.25, 0.3) is 11.1 Å². The lowest BCUT2D eigenvalue weighted by molar-refractivity contribution is -0.144. The molecular weight excluding hydrogens is 421 g/mol. The van der Waals surface area contributed by atoms with Crippen molar-refractivity contribution in [1.82, 2.24) is 9.13 Å². The Balaban J connectivity index is 2.02. The predicted molar refractivity (Wildman–Crippen MR) is 116 cm³/mol. The van der Waals surface area contributed by atoms with Crippen molar-refractivity contribution < 1.29 is 23.1 Å². The summed E-state index contributed by atoms with van der Waals surface area (Å²) >= 11 is 0. The number of hydrogen-bond donors (Lipinski definition) is 1. The van der Waals surface area contributed by atoms with E-state index < -0.39 is 23.5 Å². The molecule has 1 N–H and O–H groups in total. The van der Waals surface area contributed by atoms with Gasteiger partial charge < -0.3 is 5.11 Å². The van der Waals surface area contributed by atoms with Gasteiger partial charge in [-0.05, 0) is 42.5 Å². The maximum absolute atomic E-state index is 13.8. The second-order valence-electron chi connectivity index (χ2n) is 7.56. The molecule has 0 amide bonds. The van der Waals surface area contributed by atoms with Crippen molar-refractivity contribution in [2.24, 2.45) is 0 Å². The molecule has 1 aromatic heterocycles. The molecule has 8 heteroatoms. The van der Waals surface area contributed by atoms with Gasteiger partial charge in [-0.25, -0.2) is 9.59 Å². The Morgan fingerprint density at radius 2 is 1.66 bits per heavy atom. The van der Waals surface area contributed by atoms with Gasteiger partial charge in [0.1, 0.15) is 5.69 Å². The molecule has 0 radical (unpaired) electrons. The highest BCUT2D eigenvalue weighted by molar-refractivity contribution is 5.95. The number of hydrogen-bond acceptors (Lipinski definition) is 2. The minimum absolute atomic E-state index is 0.00602. The highest BCUT2D eigenvalue weighted by atomic mass is 19.4. The van der Waals surface area contributed by atoms with Gasteiger partial charge in [-0.1, -0.05) is 55.8 Å². The lowest BCUT2D eigenvalue weighted by Crippen LogP contribution is -2.26. The van der Waals surface area contributed by atoms with E-state index in [0.29, 0.717) is 29.5 Å². The summed E-state index contributed by atoms with van der Waals surface area (Å²) in [5.74, 6) is -1.04. The summed E-state index contributed by atoms with van der Waals surface area (Å²) in [6.45, 7) is 3.36. The Hall–Kier alpha value is -3.29. The maximum atomic E-state index is 13.8. The van der Waals surface area contributed by atoms with Crippen molar-refractivity contribution in [2.45, 2.75) is 52.4 Å². The number of carboxylic acid groups (broad SMARTS) is 1. The van der Waals surface area contributed by atoms with E-state index in [4.69, 9.17) is 0 Å². The summed E-state index contributed by atoms with van der Waals surface area (Å²) in [5, 5.41) is 9.39. The number of benzene rings is 2. The smallest absolute Gasteiger partial charge is 0.433 e. The first-order valence-electron chi connectivity index (χ1n) is 10.5. The Kier molecular flexibility index (Phi) is 6.91. The topological polar surface area (TPSA) is 64.2 Å². The van der Waals surface area contributed by atoms with Crippen LogP contribution in [0.15, 0.2) is 53.3 Å². The van der Waals surface area contributed by atoms with Gasteiger partial charge in [0.2, 0.25) is 0 Å². The van der Waals surface area contributed by atoms with Crippen molar-refractivity contribution in [1.29, 1.82) is 0 Å². The van der Waals surface area contributed by atoms with E-state index in [-0.39, 0.29) is 30.8 Å². The molecule has 32 heavy (non-hydrogen) atoms. The van der Waals surface area contributed by atoms with Crippen molar-refractivity contribution in [3.8, 4) is 11.1 Å². The van der Waals surface area contributed by atoms with Gasteiger partial charge in [0.15, 0.2) is 0 Å². The minimum Gasteiger partial charge on any atom is -0.478 e. The first kappa shape index (κ1) is 23.4. The molecule has 2 aromatic carbocycles. The third-order valence-electron chi connectivity index (χ3n) is 5.45. The molecule has 3 aromatic rings. The predicted octanol–water partition coefficient (Wildman–Crippen LogP) is 5.44. The first-order chi connectivity index (χ1) is 15.2. The van der Waals surface area contributed by atoms with E-state index >= 15 is 0 Å². The summed E-state index contributed by atoms with van der Waals surface area (Å²) in [5.41, 5.74) is 0.496. The van der Waals surface area contributed by atoms with Crippen molar-refractivity contribution >= 4 is 5.97 Å². The third-order valence-corrected chi connectivity index (χ3v) is 5.45. The van der Waals surface area contributed by atoms with Gasteiger partial charge in [0.05, 0.1) is 17.8 Å². The number of nitrogens with zero attached hydrogens (tertiary/aromatic N) is 2. The summed E-state index contributed by atoms with van der Waals surface area (Å²) in [4.78, 5) is 24.3. The van der Waals surface area contributed by atoms with Crippen LogP contribution in [0.1, 0.15) is 54.0 Å². The van der Waals surface area contributed by atoms with Crippen LogP contribution < -0.4 is 5.69 Å². The largest absolute Gasteiger partial charge is 0.478 e. The average molecular weight is 446 g/mol. The van der Waals surface area contributed by atoms with Crippen LogP contribution in [0, 0.1) is 0 Å². The van der Waals surface area contributed by atoms with E-state index in [2.05, 4.69) is 0 Å². The lowest BCUT2D eigenvalue weighted by Gasteiger charge is -2.13. The van der Waals surface area contributed by atoms with Crippen molar-refractivity contribution in [2.75, 3.05) is 0 Å². The van der Waals surface area contributed by atoms with E-state index in [1.807, 2.05) is 6.92 Å². The molecular formula is C24H25F3N2O3. The molecule has 0 bridgehead atoms. The van der Waals surface area contributed by atoms with E-state index in [1.165, 1.54) is 17.6 Å². The molecule has 0 aliphatic rings. The number of aromatic nitrogens is 2. The molecule has 0 atom stereocenters. The SMILES string of the molecule is CCCCc1c(C(F)(F)F)n(CC)c(=O)n1Cc1ccc(-c2ccccc2C(=O)O)cc1. The fourth-order valence-corrected chi connectivity index (χ4v) is 3.90. The van der Waals surface area contributed by atoms with Crippen LogP contribution >= 0.6 is 0 Å². The van der Waals surface area contributed by atoms with Crippen LogP contribution in [0.2, 0.25) is 0 Å². The van der Waals surface area contributed by atoms with E-state index in [0.717, 1.165) is 4.57 Å². The van der Waals surface area contributed by atoms with Gasteiger partial charge in [0.25, 0.3) is 0 Å². The third kappa shape index (κ3) is 4.64. The Bertz CT molecular complexity index is 1160. The summed E-state index contributed by atoms with van der Waals surface area (Å²) in [7, 11) is 0. The van der Waals surface area contributed by atoms with Gasteiger partial charge in [-0.2, -0.15) is 13.2 Å². The molecule has 0 saturated heterocycles. The number of aromatic carboxylic acids is 1. The van der Waals surface area contributed by atoms with Gasteiger partial charge in [0, 0.05) is 6.54 Å². The minimum atomic E-state index is -4.62. The molecule has 0 spiro atoms. The Labute approximate surface area is 183 Å². The maximum Gasteiger partial charge on any atom is 0.433 e. The molecule has 3 rings (SSSR count). The number of carboxylic acids is 1. The Morgan fingerprint density at radius 1 is 1.00 bits per heavy atom. The van der Waals surface area contributed by atoms with Crippen LogP contribution in [-0.2, 0) is 25.7 Å². The molecule has 0 aliphatic heterocycles. The monoisotopic (exact) mass is 446 g/mol. The molecule has 0 fully saturated rings. The zero-order valence-electron chi connectivity index (χ0n) is 17.9. The van der Waals surface area contributed by atoms with Crippen LogP contribution in [0.5, 0.6) is 0 Å². The van der Waals surface area contributed by atoms with Gasteiger partial charge in [-0.3, -0.25) is 9.13 Å². The molecule has 170 valence electrons. The number of carbonyl (C=O) groups is 1. The fourth-order valence-electron chi connectivity index (χ4n) is 3.90. The zero-order chi connectivity index (χ0) is 23.5.